The van der Waals surface area contributed by atoms with Crippen molar-refractivity contribution in [2.75, 3.05) is 0 Å². The molecule has 0 heterocycles. The van der Waals surface area contributed by atoms with Gasteiger partial charge in [0.1, 0.15) is 0 Å². The van der Waals surface area contributed by atoms with Gasteiger partial charge in [-0.05, 0) is 71.9 Å². The fraction of sp³-hybridized carbons (Fsp3) is 0.0370. The topological polar surface area (TPSA) is 0 Å². The Hall–Kier alpha value is -3.38. The molecule has 27 heavy (non-hydrogen) atoms. The third-order valence-corrected chi connectivity index (χ3v) is 5.94. The first-order valence-corrected chi connectivity index (χ1v) is 9.47. The summed E-state index contributed by atoms with van der Waals surface area (Å²) in [5, 5.41) is 13.5. The molecule has 126 valence electrons. The maximum Gasteiger partial charge on any atom is -0.00141 e. The molecule has 6 aromatic rings. The van der Waals surface area contributed by atoms with Crippen molar-refractivity contribution < 1.29 is 0 Å². The van der Waals surface area contributed by atoms with Gasteiger partial charge in [0, 0.05) is 0 Å². The average molecular weight is 342 g/mol. The summed E-state index contributed by atoms with van der Waals surface area (Å²) in [6, 6.07) is 29.1. The van der Waals surface area contributed by atoms with Gasteiger partial charge < -0.3 is 0 Å². The minimum atomic E-state index is 0.896. The zero-order chi connectivity index (χ0) is 18.0. The van der Waals surface area contributed by atoms with Crippen LogP contribution in [0.1, 0.15) is 5.56 Å². The lowest BCUT2D eigenvalue weighted by Crippen LogP contribution is -1.91. The largest absolute Gasteiger partial charge is 0.103 e. The lowest BCUT2D eigenvalue weighted by molar-refractivity contribution is 1.31. The highest BCUT2D eigenvalue weighted by molar-refractivity contribution is 6.38. The summed E-state index contributed by atoms with van der Waals surface area (Å²) in [5.41, 5.74) is 1.35. The average Bonchev–Trinajstić information content (AvgIpc) is 2.72. The van der Waals surface area contributed by atoms with Gasteiger partial charge in [-0.15, -0.1) is 6.58 Å². The number of hydrogen-bond acceptors (Lipinski definition) is 0. The van der Waals surface area contributed by atoms with Gasteiger partial charge in [0.25, 0.3) is 0 Å². The van der Waals surface area contributed by atoms with Crippen LogP contribution in [-0.4, -0.2) is 0 Å². The smallest absolute Gasteiger partial charge is 0.00141 e. The van der Waals surface area contributed by atoms with Crippen LogP contribution in [0.4, 0.5) is 0 Å². The number of hydrogen-bond donors (Lipinski definition) is 0. The van der Waals surface area contributed by atoms with Gasteiger partial charge in [-0.3, -0.25) is 0 Å². The monoisotopic (exact) mass is 342 g/mol. The van der Waals surface area contributed by atoms with Crippen molar-refractivity contribution in [3.8, 4) is 0 Å². The second kappa shape index (κ2) is 5.31. The van der Waals surface area contributed by atoms with Gasteiger partial charge >= 0.3 is 0 Å². The molecule has 0 fully saturated rings. The normalized spacial score (nSPS) is 12.0. The molecule has 0 unspecified atom stereocenters. The number of benzene rings is 6. The molecule has 0 spiro atoms. The Labute approximate surface area is 157 Å². The molecule has 0 saturated heterocycles. The van der Waals surface area contributed by atoms with E-state index in [-0.39, 0.29) is 0 Å². The van der Waals surface area contributed by atoms with Crippen molar-refractivity contribution in [3.63, 3.8) is 0 Å². The highest BCUT2D eigenvalue weighted by atomic mass is 14.2. The molecule has 0 heteroatoms. The summed E-state index contributed by atoms with van der Waals surface area (Å²) in [4.78, 5) is 0. The summed E-state index contributed by atoms with van der Waals surface area (Å²) < 4.78 is 0. The fourth-order valence-corrected chi connectivity index (χ4v) is 4.86. The van der Waals surface area contributed by atoms with E-state index in [0.717, 1.165) is 6.42 Å². The van der Waals surface area contributed by atoms with Crippen LogP contribution < -0.4 is 0 Å². The predicted molar refractivity (Wildman–Crippen MR) is 119 cm³/mol. The molecule has 0 atom stereocenters. The first-order chi connectivity index (χ1) is 13.4. The number of rotatable bonds is 2. The summed E-state index contributed by atoms with van der Waals surface area (Å²) in [6.45, 7) is 3.95. The molecule has 6 aromatic carbocycles. The molecule has 0 amide bonds. The van der Waals surface area contributed by atoms with Crippen molar-refractivity contribution in [2.45, 2.75) is 6.42 Å². The van der Waals surface area contributed by atoms with Crippen LogP contribution in [0.15, 0.2) is 91.5 Å². The van der Waals surface area contributed by atoms with E-state index >= 15 is 0 Å². The minimum Gasteiger partial charge on any atom is -0.103 e. The van der Waals surface area contributed by atoms with Crippen LogP contribution >= 0.6 is 0 Å². The molecule has 0 aromatic heterocycles. The van der Waals surface area contributed by atoms with E-state index in [1.165, 1.54) is 59.4 Å². The molecule has 6 rings (SSSR count). The van der Waals surface area contributed by atoms with Crippen LogP contribution in [0.25, 0.3) is 53.9 Å². The van der Waals surface area contributed by atoms with Gasteiger partial charge in [-0.2, -0.15) is 0 Å². The molecular formula is C27H18. The Balaban J connectivity index is 2.03. The van der Waals surface area contributed by atoms with E-state index in [1.807, 2.05) is 6.08 Å². The fourth-order valence-electron chi connectivity index (χ4n) is 4.86. The summed E-state index contributed by atoms with van der Waals surface area (Å²) in [6.07, 6.45) is 2.89. The predicted octanol–water partition coefficient (Wildman–Crippen LogP) is 7.62. The molecule has 0 bridgehead atoms. The van der Waals surface area contributed by atoms with Gasteiger partial charge in [0.15, 0.2) is 0 Å². The van der Waals surface area contributed by atoms with Gasteiger partial charge in [0.05, 0.1) is 0 Å². The molecule has 0 aliphatic heterocycles. The minimum absolute atomic E-state index is 0.896. The molecule has 0 nitrogen and oxygen atoms in total. The van der Waals surface area contributed by atoms with Gasteiger partial charge in [-0.1, -0.05) is 78.9 Å². The molecule has 0 aliphatic carbocycles. The second-order valence-corrected chi connectivity index (χ2v) is 7.37. The van der Waals surface area contributed by atoms with Crippen molar-refractivity contribution in [2.24, 2.45) is 0 Å². The lowest BCUT2D eigenvalue weighted by atomic mass is 9.86. The summed E-state index contributed by atoms with van der Waals surface area (Å²) in [7, 11) is 0. The third kappa shape index (κ3) is 1.88. The molecule has 0 N–H and O–H groups in total. The van der Waals surface area contributed by atoms with Crippen LogP contribution in [0.3, 0.4) is 0 Å². The molecular weight excluding hydrogens is 324 g/mol. The van der Waals surface area contributed by atoms with E-state index in [1.54, 1.807) is 0 Å². The summed E-state index contributed by atoms with van der Waals surface area (Å²) in [5.74, 6) is 0. The molecule has 0 aliphatic rings. The van der Waals surface area contributed by atoms with Crippen LogP contribution in [0, 0.1) is 0 Å². The zero-order valence-electron chi connectivity index (χ0n) is 15.0. The SMILES string of the molecule is C=CCc1ccc2c3cccc4cc5ccccc5c(c5cccc1c25)c43. The Bertz CT molecular complexity index is 1500. The van der Waals surface area contributed by atoms with Crippen molar-refractivity contribution >= 4 is 53.9 Å². The van der Waals surface area contributed by atoms with E-state index in [0.29, 0.717) is 0 Å². The Morgan fingerprint density at radius 3 is 2.19 bits per heavy atom. The molecule has 0 saturated carbocycles. The van der Waals surface area contributed by atoms with Crippen LogP contribution in [-0.2, 0) is 6.42 Å². The van der Waals surface area contributed by atoms with Gasteiger partial charge in [-0.25, -0.2) is 0 Å². The number of fused-ring (bicyclic) bond motifs is 4. The lowest BCUT2D eigenvalue weighted by Gasteiger charge is -2.17. The highest BCUT2D eigenvalue weighted by Gasteiger charge is 2.16. The zero-order valence-corrected chi connectivity index (χ0v) is 15.0. The Morgan fingerprint density at radius 1 is 0.556 bits per heavy atom. The first-order valence-electron chi connectivity index (χ1n) is 9.47. The van der Waals surface area contributed by atoms with Crippen molar-refractivity contribution in [1.82, 2.24) is 0 Å². The Kier molecular flexibility index (Phi) is 2.90. The quantitative estimate of drug-likeness (QED) is 0.172. The second-order valence-electron chi connectivity index (χ2n) is 7.37. The van der Waals surface area contributed by atoms with Gasteiger partial charge in [0.2, 0.25) is 0 Å². The summed E-state index contributed by atoms with van der Waals surface area (Å²) >= 11 is 0. The molecule has 0 radical (unpaired) electrons. The van der Waals surface area contributed by atoms with Crippen LogP contribution in [0.2, 0.25) is 0 Å². The van der Waals surface area contributed by atoms with E-state index in [2.05, 4.69) is 85.4 Å². The maximum absolute atomic E-state index is 3.95. The number of allylic oxidation sites excluding steroid dienone is 1. The van der Waals surface area contributed by atoms with Crippen molar-refractivity contribution in [1.29, 1.82) is 0 Å². The standard InChI is InChI=1S/C27H18/c1-2-7-17-14-15-23-22-12-5-9-19-16-18-8-3-4-10-21(18)27(25(19)22)24-13-6-11-20(17)26(23)24/h2-6,8-16H,1,7H2. The van der Waals surface area contributed by atoms with Crippen molar-refractivity contribution in [3.05, 3.63) is 97.1 Å². The maximum atomic E-state index is 3.95. The van der Waals surface area contributed by atoms with E-state index in [9.17, 15) is 0 Å². The highest BCUT2D eigenvalue weighted by Crippen LogP contribution is 2.43. The van der Waals surface area contributed by atoms with E-state index in [4.69, 9.17) is 0 Å². The van der Waals surface area contributed by atoms with Crippen LogP contribution in [0.5, 0.6) is 0 Å². The van der Waals surface area contributed by atoms with E-state index < -0.39 is 0 Å². The Morgan fingerprint density at radius 2 is 1.26 bits per heavy atom. The third-order valence-electron chi connectivity index (χ3n) is 5.94. The first kappa shape index (κ1) is 14.8.